The highest BCUT2D eigenvalue weighted by molar-refractivity contribution is 5.93. The fraction of sp³-hybridized carbons (Fsp3) is 0.476. The van der Waals surface area contributed by atoms with E-state index in [1.165, 1.54) is 0 Å². The fourth-order valence-electron chi connectivity index (χ4n) is 3.06. The van der Waals surface area contributed by atoms with E-state index in [0.717, 1.165) is 29.6 Å². The molecule has 3 aromatic heterocycles. The summed E-state index contributed by atoms with van der Waals surface area (Å²) in [5, 5.41) is 11.7. The summed E-state index contributed by atoms with van der Waals surface area (Å²) in [6.07, 6.45) is 5.51. The maximum atomic E-state index is 12.0. The van der Waals surface area contributed by atoms with E-state index in [-0.39, 0.29) is 23.3 Å². The molecule has 0 unspecified atom stereocenters. The number of pyridine rings is 1. The van der Waals surface area contributed by atoms with Crippen molar-refractivity contribution in [1.29, 1.82) is 0 Å². The molecule has 0 bridgehead atoms. The summed E-state index contributed by atoms with van der Waals surface area (Å²) in [5.74, 6) is 1.45. The molecular weight excluding hydrogens is 368 g/mol. The molecule has 8 heteroatoms. The SMILES string of the molecule is Cn1ncc(OC[C@@H](N)C(C)(C)C)c1-c1ccn2nc(NC(=O)C3CC3)cc2c1. The van der Waals surface area contributed by atoms with E-state index in [2.05, 4.69) is 36.3 Å². The Bertz CT molecular complexity index is 1040. The second kappa shape index (κ2) is 7.18. The molecule has 1 aliphatic carbocycles. The van der Waals surface area contributed by atoms with Crippen LogP contribution in [0.25, 0.3) is 16.8 Å². The minimum atomic E-state index is -0.0921. The molecule has 0 saturated heterocycles. The Morgan fingerprint density at radius 1 is 1.38 bits per heavy atom. The summed E-state index contributed by atoms with van der Waals surface area (Å²) in [6.45, 7) is 6.70. The number of amides is 1. The minimum Gasteiger partial charge on any atom is -0.488 e. The van der Waals surface area contributed by atoms with Gasteiger partial charge in [0.25, 0.3) is 0 Å². The fourth-order valence-corrected chi connectivity index (χ4v) is 3.06. The molecule has 0 spiro atoms. The van der Waals surface area contributed by atoms with Crippen molar-refractivity contribution in [1.82, 2.24) is 19.4 Å². The van der Waals surface area contributed by atoms with E-state index in [1.54, 1.807) is 15.4 Å². The molecule has 8 nitrogen and oxygen atoms in total. The van der Waals surface area contributed by atoms with Crippen LogP contribution in [0.15, 0.2) is 30.6 Å². The van der Waals surface area contributed by atoms with Gasteiger partial charge in [-0.3, -0.25) is 9.48 Å². The van der Waals surface area contributed by atoms with Gasteiger partial charge in [0.05, 0.1) is 11.7 Å². The molecule has 154 valence electrons. The lowest BCUT2D eigenvalue weighted by molar-refractivity contribution is -0.117. The third-order valence-corrected chi connectivity index (χ3v) is 5.37. The first-order valence-corrected chi connectivity index (χ1v) is 9.93. The van der Waals surface area contributed by atoms with Crippen molar-refractivity contribution in [3.63, 3.8) is 0 Å². The predicted octanol–water partition coefficient (Wildman–Crippen LogP) is 2.84. The molecule has 3 heterocycles. The lowest BCUT2D eigenvalue weighted by Crippen LogP contribution is -2.40. The Morgan fingerprint density at radius 2 is 2.14 bits per heavy atom. The van der Waals surface area contributed by atoms with Crippen LogP contribution in [0.4, 0.5) is 5.82 Å². The molecule has 0 radical (unpaired) electrons. The van der Waals surface area contributed by atoms with Crippen LogP contribution < -0.4 is 15.8 Å². The number of nitrogens with zero attached hydrogens (tertiary/aromatic N) is 4. The quantitative estimate of drug-likeness (QED) is 0.667. The van der Waals surface area contributed by atoms with Crippen molar-refractivity contribution in [3.05, 3.63) is 30.6 Å². The van der Waals surface area contributed by atoms with Gasteiger partial charge in [-0.15, -0.1) is 0 Å². The van der Waals surface area contributed by atoms with Crippen LogP contribution in [0, 0.1) is 11.3 Å². The highest BCUT2D eigenvalue weighted by Gasteiger charge is 2.30. The number of anilines is 1. The molecule has 1 fully saturated rings. The third-order valence-electron chi connectivity index (χ3n) is 5.37. The molecule has 0 aliphatic heterocycles. The summed E-state index contributed by atoms with van der Waals surface area (Å²) < 4.78 is 9.55. The van der Waals surface area contributed by atoms with E-state index in [1.807, 2.05) is 31.4 Å². The van der Waals surface area contributed by atoms with Crippen LogP contribution in [0.2, 0.25) is 0 Å². The molecular formula is C21H28N6O2. The molecule has 4 rings (SSSR count). The van der Waals surface area contributed by atoms with Crippen LogP contribution in [0.1, 0.15) is 33.6 Å². The topological polar surface area (TPSA) is 99.5 Å². The molecule has 1 aliphatic rings. The Kier molecular flexibility index (Phi) is 4.82. The van der Waals surface area contributed by atoms with Crippen molar-refractivity contribution >= 4 is 17.2 Å². The van der Waals surface area contributed by atoms with Gasteiger partial charge in [-0.2, -0.15) is 10.2 Å². The number of carbonyl (C=O) groups excluding carboxylic acids is 1. The number of rotatable bonds is 6. The van der Waals surface area contributed by atoms with Gasteiger partial charge in [-0.1, -0.05) is 20.8 Å². The zero-order valence-corrected chi connectivity index (χ0v) is 17.3. The molecule has 0 aromatic carbocycles. The Hall–Kier alpha value is -2.87. The smallest absolute Gasteiger partial charge is 0.228 e. The summed E-state index contributed by atoms with van der Waals surface area (Å²) in [6, 6.07) is 5.74. The largest absolute Gasteiger partial charge is 0.488 e. The van der Waals surface area contributed by atoms with Gasteiger partial charge in [-0.05, 0) is 30.4 Å². The van der Waals surface area contributed by atoms with Gasteiger partial charge < -0.3 is 15.8 Å². The van der Waals surface area contributed by atoms with Gasteiger partial charge in [0, 0.05) is 36.8 Å². The van der Waals surface area contributed by atoms with Crippen LogP contribution in [0.3, 0.4) is 0 Å². The number of carbonyl (C=O) groups is 1. The average Bonchev–Trinajstić information content (AvgIpc) is 3.34. The first kappa shape index (κ1) is 19.4. The van der Waals surface area contributed by atoms with Crippen molar-refractivity contribution in [2.24, 2.45) is 24.1 Å². The molecule has 1 amide bonds. The first-order chi connectivity index (χ1) is 13.7. The van der Waals surface area contributed by atoms with Gasteiger partial charge in [0.1, 0.15) is 12.3 Å². The van der Waals surface area contributed by atoms with Gasteiger partial charge in [0.15, 0.2) is 11.6 Å². The number of aromatic nitrogens is 4. The number of nitrogens with one attached hydrogen (secondary N) is 1. The van der Waals surface area contributed by atoms with E-state index in [9.17, 15) is 4.79 Å². The Labute approximate surface area is 170 Å². The monoisotopic (exact) mass is 396 g/mol. The van der Waals surface area contributed by atoms with Crippen LogP contribution in [0.5, 0.6) is 5.75 Å². The summed E-state index contributed by atoms with van der Waals surface area (Å²) in [5.41, 5.74) is 8.91. The number of fused-ring (bicyclic) bond motifs is 1. The van der Waals surface area contributed by atoms with Crippen molar-refractivity contribution in [3.8, 4) is 17.0 Å². The number of nitrogens with two attached hydrogens (primary N) is 1. The minimum absolute atomic E-state index is 0.0415. The van der Waals surface area contributed by atoms with Gasteiger partial charge in [0.2, 0.25) is 5.91 Å². The summed E-state index contributed by atoms with van der Waals surface area (Å²) in [4.78, 5) is 12.0. The van der Waals surface area contributed by atoms with Gasteiger partial charge >= 0.3 is 0 Å². The van der Waals surface area contributed by atoms with Crippen molar-refractivity contribution < 1.29 is 9.53 Å². The second-order valence-corrected chi connectivity index (χ2v) is 8.84. The number of ether oxygens (including phenoxy) is 1. The Morgan fingerprint density at radius 3 is 2.83 bits per heavy atom. The second-order valence-electron chi connectivity index (χ2n) is 8.84. The standard InChI is InChI=1S/C21H28N6O2/c1-21(2,3)17(22)12-29-16-11-23-26(4)19(16)14-7-8-27-15(9-14)10-18(25-27)24-20(28)13-5-6-13/h7-11,13,17H,5-6,12,22H2,1-4H3,(H,24,25,28)/t17-/m1/s1. The summed E-state index contributed by atoms with van der Waals surface area (Å²) in [7, 11) is 1.88. The van der Waals surface area contributed by atoms with Crippen LogP contribution in [-0.2, 0) is 11.8 Å². The average molecular weight is 396 g/mol. The van der Waals surface area contributed by atoms with E-state index >= 15 is 0 Å². The molecule has 1 saturated carbocycles. The van der Waals surface area contributed by atoms with E-state index < -0.39 is 0 Å². The molecule has 3 aromatic rings. The molecule has 29 heavy (non-hydrogen) atoms. The van der Waals surface area contributed by atoms with Crippen LogP contribution >= 0.6 is 0 Å². The lowest BCUT2D eigenvalue weighted by Gasteiger charge is -2.26. The normalized spacial score (nSPS) is 15.5. The zero-order chi connectivity index (χ0) is 20.8. The molecule has 3 N–H and O–H groups in total. The maximum Gasteiger partial charge on any atom is 0.228 e. The predicted molar refractivity (Wildman–Crippen MR) is 112 cm³/mol. The number of hydrogen-bond donors (Lipinski definition) is 2. The lowest BCUT2D eigenvalue weighted by atomic mass is 9.88. The maximum absolute atomic E-state index is 12.0. The number of aryl methyl sites for hydroxylation is 1. The summed E-state index contributed by atoms with van der Waals surface area (Å²) >= 11 is 0. The highest BCUT2D eigenvalue weighted by atomic mass is 16.5. The van der Waals surface area contributed by atoms with E-state index in [4.69, 9.17) is 10.5 Å². The van der Waals surface area contributed by atoms with Crippen LogP contribution in [-0.4, -0.2) is 38.0 Å². The van der Waals surface area contributed by atoms with Crippen molar-refractivity contribution in [2.45, 2.75) is 39.7 Å². The third kappa shape index (κ3) is 4.12. The van der Waals surface area contributed by atoms with Gasteiger partial charge in [-0.25, -0.2) is 4.52 Å². The first-order valence-electron chi connectivity index (χ1n) is 9.93. The Balaban J connectivity index is 1.57. The molecule has 1 atom stereocenters. The number of hydrogen-bond acceptors (Lipinski definition) is 5. The van der Waals surface area contributed by atoms with E-state index in [0.29, 0.717) is 18.2 Å². The zero-order valence-electron chi connectivity index (χ0n) is 17.3. The highest BCUT2D eigenvalue weighted by Crippen LogP contribution is 2.32. The van der Waals surface area contributed by atoms with Crippen molar-refractivity contribution in [2.75, 3.05) is 11.9 Å².